The molecule has 0 amide bonds. The number of halogens is 3. The number of esters is 1. The van der Waals surface area contributed by atoms with Crippen molar-refractivity contribution >= 4 is 46.6 Å². The van der Waals surface area contributed by atoms with Crippen LogP contribution in [0.3, 0.4) is 0 Å². The molecule has 0 spiro atoms. The topological polar surface area (TPSA) is 74.8 Å². The van der Waals surface area contributed by atoms with Crippen LogP contribution in [0.1, 0.15) is 55.2 Å². The van der Waals surface area contributed by atoms with Crippen molar-refractivity contribution in [3.05, 3.63) is 112 Å². The molecule has 3 heterocycles. The summed E-state index contributed by atoms with van der Waals surface area (Å²) >= 11 is 13.7. The lowest BCUT2D eigenvalue weighted by Crippen LogP contribution is -2.40. The van der Waals surface area contributed by atoms with Crippen LogP contribution in [0, 0.1) is 19.7 Å². The standard InChI is InChI=1S/C32H30Cl2FN3O4S/c1-6-8-25-28(31(40)42-7-2)29(22-15-20(33)9-12-26(22)41-5)38-30(39)27(43-32(38)36-25)14-19-13-17(3)37(18(19)4)21-10-11-24(35)23(34)16-21/h9-16,29H,6-8H2,1-5H3/b27-14+/t29-/m1/s1. The molecule has 0 saturated carbocycles. The summed E-state index contributed by atoms with van der Waals surface area (Å²) in [5, 5.41) is 0.458. The van der Waals surface area contributed by atoms with Gasteiger partial charge in [-0.1, -0.05) is 47.9 Å². The van der Waals surface area contributed by atoms with Crippen molar-refractivity contribution in [3.63, 3.8) is 0 Å². The molecule has 0 unspecified atom stereocenters. The minimum absolute atomic E-state index is 0.0246. The highest BCUT2D eigenvalue weighted by molar-refractivity contribution is 7.07. The van der Waals surface area contributed by atoms with Crippen LogP contribution in [-0.4, -0.2) is 28.8 Å². The number of hydrogen-bond acceptors (Lipinski definition) is 6. The molecule has 5 rings (SSSR count). The van der Waals surface area contributed by atoms with Gasteiger partial charge in [-0.3, -0.25) is 9.36 Å². The van der Waals surface area contributed by atoms with Crippen LogP contribution in [0.5, 0.6) is 5.75 Å². The number of fused-ring (bicyclic) bond motifs is 1. The molecule has 1 aliphatic rings. The Morgan fingerprint density at radius 1 is 1.14 bits per heavy atom. The second kappa shape index (κ2) is 12.5. The maximum atomic E-state index is 14.2. The minimum atomic E-state index is -0.860. The van der Waals surface area contributed by atoms with E-state index < -0.39 is 17.8 Å². The van der Waals surface area contributed by atoms with Gasteiger partial charge in [-0.05, 0) is 81.3 Å². The van der Waals surface area contributed by atoms with Crippen molar-refractivity contribution in [2.75, 3.05) is 13.7 Å². The van der Waals surface area contributed by atoms with E-state index in [1.54, 1.807) is 37.3 Å². The second-order valence-electron chi connectivity index (χ2n) is 10.1. The molecule has 0 radical (unpaired) electrons. The molecule has 0 saturated heterocycles. The largest absolute Gasteiger partial charge is 0.496 e. The van der Waals surface area contributed by atoms with Crippen molar-refractivity contribution in [2.24, 2.45) is 4.99 Å². The summed E-state index contributed by atoms with van der Waals surface area (Å²) in [5.74, 6) is -0.563. The number of nitrogens with zero attached hydrogens (tertiary/aromatic N) is 3. The van der Waals surface area contributed by atoms with Gasteiger partial charge < -0.3 is 14.0 Å². The third-order valence-corrected chi connectivity index (χ3v) is 8.80. The van der Waals surface area contributed by atoms with Gasteiger partial charge >= 0.3 is 5.97 Å². The Labute approximate surface area is 262 Å². The lowest BCUT2D eigenvalue weighted by atomic mass is 9.93. The van der Waals surface area contributed by atoms with Gasteiger partial charge in [-0.15, -0.1) is 0 Å². The Bertz CT molecular complexity index is 1960. The first-order valence-corrected chi connectivity index (χ1v) is 15.4. The molecule has 7 nitrogen and oxygen atoms in total. The average molecular weight is 643 g/mol. The molecule has 2 aromatic carbocycles. The normalized spacial score (nSPS) is 15.0. The Morgan fingerprint density at radius 2 is 1.91 bits per heavy atom. The zero-order valence-electron chi connectivity index (χ0n) is 24.3. The molecule has 1 atom stereocenters. The van der Waals surface area contributed by atoms with Crippen molar-refractivity contribution in [1.29, 1.82) is 0 Å². The van der Waals surface area contributed by atoms with Crippen LogP contribution < -0.4 is 19.6 Å². The Kier molecular flexibility index (Phi) is 8.96. The monoisotopic (exact) mass is 641 g/mol. The smallest absolute Gasteiger partial charge is 0.338 e. The quantitative estimate of drug-likeness (QED) is 0.208. The summed E-state index contributed by atoms with van der Waals surface area (Å²) in [7, 11) is 1.53. The number of rotatable bonds is 8. The number of carbonyl (C=O) groups is 1. The lowest BCUT2D eigenvalue weighted by Gasteiger charge is -2.27. The predicted octanol–water partition coefficient (Wildman–Crippen LogP) is 6.44. The van der Waals surface area contributed by atoms with Gasteiger partial charge in [0.25, 0.3) is 5.56 Å². The molecule has 43 heavy (non-hydrogen) atoms. The Hall–Kier alpha value is -3.66. The summed E-state index contributed by atoms with van der Waals surface area (Å²) in [6.07, 6.45) is 3.06. The predicted molar refractivity (Wildman–Crippen MR) is 168 cm³/mol. The first kappa shape index (κ1) is 30.8. The first-order chi connectivity index (χ1) is 20.6. The SMILES string of the molecule is CCCC1=C(C(=O)OCC)[C@@H](c2cc(Cl)ccc2OC)n2c(s/c(=C/c3cc(C)n(-c4ccc(F)c(Cl)c4)c3C)c2=O)=N1. The number of aryl methyl sites for hydroxylation is 1. The summed E-state index contributed by atoms with van der Waals surface area (Å²) in [5.41, 5.74) is 4.33. The highest BCUT2D eigenvalue weighted by Crippen LogP contribution is 2.38. The minimum Gasteiger partial charge on any atom is -0.496 e. The number of aromatic nitrogens is 2. The third-order valence-electron chi connectivity index (χ3n) is 7.30. The van der Waals surface area contributed by atoms with Gasteiger partial charge in [0.1, 0.15) is 17.6 Å². The van der Waals surface area contributed by atoms with E-state index in [9.17, 15) is 14.0 Å². The highest BCUT2D eigenvalue weighted by atomic mass is 35.5. The number of thiazole rings is 1. The number of allylic oxidation sites excluding steroid dienone is 1. The van der Waals surface area contributed by atoms with Crippen LogP contribution in [0.15, 0.2) is 63.5 Å². The summed E-state index contributed by atoms with van der Waals surface area (Å²) < 4.78 is 28.9. The van der Waals surface area contributed by atoms with E-state index >= 15 is 0 Å². The fraction of sp³-hybridized carbons (Fsp3) is 0.281. The summed E-state index contributed by atoms with van der Waals surface area (Å²) in [6, 6.07) is 10.8. The zero-order chi connectivity index (χ0) is 31.0. The molecular weight excluding hydrogens is 612 g/mol. The summed E-state index contributed by atoms with van der Waals surface area (Å²) in [6.45, 7) is 7.75. The van der Waals surface area contributed by atoms with E-state index in [0.29, 0.717) is 43.5 Å². The van der Waals surface area contributed by atoms with Gasteiger partial charge in [0.2, 0.25) is 0 Å². The van der Waals surface area contributed by atoms with E-state index in [0.717, 1.165) is 23.4 Å². The molecule has 0 bridgehead atoms. The maximum Gasteiger partial charge on any atom is 0.338 e. The highest BCUT2D eigenvalue weighted by Gasteiger charge is 2.36. The van der Waals surface area contributed by atoms with E-state index in [-0.39, 0.29) is 22.8 Å². The molecule has 224 valence electrons. The lowest BCUT2D eigenvalue weighted by molar-refractivity contribution is -0.139. The van der Waals surface area contributed by atoms with E-state index in [1.807, 2.05) is 37.5 Å². The zero-order valence-corrected chi connectivity index (χ0v) is 26.7. The Morgan fingerprint density at radius 3 is 2.58 bits per heavy atom. The average Bonchev–Trinajstić information content (AvgIpc) is 3.43. The van der Waals surface area contributed by atoms with E-state index in [2.05, 4.69) is 0 Å². The maximum absolute atomic E-state index is 14.2. The number of carbonyl (C=O) groups excluding carboxylic acids is 1. The van der Waals surface area contributed by atoms with Gasteiger partial charge in [-0.25, -0.2) is 14.2 Å². The van der Waals surface area contributed by atoms with Crippen LogP contribution in [0.4, 0.5) is 4.39 Å². The van der Waals surface area contributed by atoms with Gasteiger partial charge in [0.05, 0.1) is 34.5 Å². The second-order valence-corrected chi connectivity index (χ2v) is 11.9. The molecule has 4 aromatic rings. The molecule has 2 aromatic heterocycles. The molecular formula is C32H30Cl2FN3O4S. The molecule has 0 N–H and O–H groups in total. The fourth-order valence-corrected chi connectivity index (χ4v) is 6.80. The van der Waals surface area contributed by atoms with Crippen molar-refractivity contribution < 1.29 is 18.7 Å². The number of hydrogen-bond donors (Lipinski definition) is 0. The fourth-order valence-electron chi connectivity index (χ4n) is 5.43. The van der Waals surface area contributed by atoms with Crippen LogP contribution in [-0.2, 0) is 9.53 Å². The van der Waals surface area contributed by atoms with Gasteiger partial charge in [0, 0.05) is 27.7 Å². The van der Waals surface area contributed by atoms with Gasteiger partial charge in [-0.2, -0.15) is 0 Å². The van der Waals surface area contributed by atoms with E-state index in [4.69, 9.17) is 37.7 Å². The number of ether oxygens (including phenoxy) is 2. The number of benzene rings is 2. The van der Waals surface area contributed by atoms with E-state index in [1.165, 1.54) is 29.1 Å². The summed E-state index contributed by atoms with van der Waals surface area (Å²) in [4.78, 5) is 32.9. The number of methoxy groups -OCH3 is 1. The van der Waals surface area contributed by atoms with Crippen molar-refractivity contribution in [1.82, 2.24) is 9.13 Å². The van der Waals surface area contributed by atoms with Crippen molar-refractivity contribution in [3.8, 4) is 11.4 Å². The Balaban J connectivity index is 1.76. The third kappa shape index (κ3) is 5.69. The van der Waals surface area contributed by atoms with Crippen LogP contribution in [0.25, 0.3) is 11.8 Å². The molecule has 0 fully saturated rings. The van der Waals surface area contributed by atoms with Crippen molar-refractivity contribution in [2.45, 2.75) is 46.6 Å². The van der Waals surface area contributed by atoms with Gasteiger partial charge in [0.15, 0.2) is 4.80 Å². The molecule has 11 heteroatoms. The first-order valence-electron chi connectivity index (χ1n) is 13.8. The molecule has 1 aliphatic heterocycles. The van der Waals surface area contributed by atoms with Crippen LogP contribution in [0.2, 0.25) is 10.0 Å². The van der Waals surface area contributed by atoms with Crippen LogP contribution >= 0.6 is 34.5 Å². The molecule has 0 aliphatic carbocycles.